The standard InChI is InChI=1S/C16H20N4/c1-17-13-7-5-12(6-8-13)16-19-11-9-15(20-16)14-4-2-3-10-18-14/h2-4,9-13,17H,5-8H2,1H3. The van der Waals surface area contributed by atoms with Crippen molar-refractivity contribution in [2.75, 3.05) is 7.05 Å². The molecule has 2 aromatic rings. The van der Waals surface area contributed by atoms with Crippen LogP contribution in [-0.4, -0.2) is 28.0 Å². The molecule has 2 aromatic heterocycles. The van der Waals surface area contributed by atoms with Gasteiger partial charge >= 0.3 is 0 Å². The second-order valence-corrected chi connectivity index (χ2v) is 5.35. The van der Waals surface area contributed by atoms with Crippen LogP contribution in [0.3, 0.4) is 0 Å². The first-order valence-corrected chi connectivity index (χ1v) is 7.28. The van der Waals surface area contributed by atoms with Crippen molar-refractivity contribution in [2.45, 2.75) is 37.6 Å². The van der Waals surface area contributed by atoms with Gasteiger partial charge < -0.3 is 5.32 Å². The summed E-state index contributed by atoms with van der Waals surface area (Å²) in [7, 11) is 2.04. The van der Waals surface area contributed by atoms with Gasteiger partial charge in [-0.2, -0.15) is 0 Å². The topological polar surface area (TPSA) is 50.7 Å². The molecule has 4 heteroatoms. The predicted octanol–water partition coefficient (Wildman–Crippen LogP) is 2.78. The number of nitrogens with zero attached hydrogens (tertiary/aromatic N) is 3. The summed E-state index contributed by atoms with van der Waals surface area (Å²) in [5.41, 5.74) is 1.84. The molecule has 0 bridgehead atoms. The Morgan fingerprint density at radius 1 is 0.950 bits per heavy atom. The first-order valence-electron chi connectivity index (χ1n) is 7.28. The van der Waals surface area contributed by atoms with Crippen LogP contribution < -0.4 is 5.32 Å². The van der Waals surface area contributed by atoms with E-state index in [1.54, 1.807) is 6.20 Å². The second kappa shape index (κ2) is 6.09. The maximum Gasteiger partial charge on any atom is 0.132 e. The lowest BCUT2D eigenvalue weighted by molar-refractivity contribution is 0.350. The average Bonchev–Trinajstić information content (AvgIpc) is 2.56. The summed E-state index contributed by atoms with van der Waals surface area (Å²) >= 11 is 0. The molecule has 0 aliphatic heterocycles. The predicted molar refractivity (Wildman–Crippen MR) is 79.3 cm³/mol. The molecule has 3 rings (SSSR count). The van der Waals surface area contributed by atoms with Gasteiger partial charge in [-0.15, -0.1) is 0 Å². The molecule has 1 N–H and O–H groups in total. The molecule has 104 valence electrons. The minimum Gasteiger partial charge on any atom is -0.317 e. The quantitative estimate of drug-likeness (QED) is 0.930. The van der Waals surface area contributed by atoms with Gasteiger partial charge in [0.2, 0.25) is 0 Å². The molecule has 2 heterocycles. The van der Waals surface area contributed by atoms with E-state index in [1.165, 1.54) is 12.8 Å². The van der Waals surface area contributed by atoms with Gasteiger partial charge in [0, 0.05) is 24.4 Å². The molecule has 0 aromatic carbocycles. The maximum atomic E-state index is 4.72. The van der Waals surface area contributed by atoms with Crippen molar-refractivity contribution in [3.05, 3.63) is 42.5 Å². The van der Waals surface area contributed by atoms with Crippen LogP contribution in [0.25, 0.3) is 11.4 Å². The lowest BCUT2D eigenvalue weighted by atomic mass is 9.85. The fraction of sp³-hybridized carbons (Fsp3) is 0.438. The first-order chi connectivity index (χ1) is 9.86. The van der Waals surface area contributed by atoms with Crippen molar-refractivity contribution in [1.29, 1.82) is 0 Å². The Labute approximate surface area is 119 Å². The lowest BCUT2D eigenvalue weighted by Crippen LogP contribution is -2.29. The highest BCUT2D eigenvalue weighted by molar-refractivity contribution is 5.52. The van der Waals surface area contributed by atoms with Crippen LogP contribution in [-0.2, 0) is 0 Å². The molecule has 0 amide bonds. The lowest BCUT2D eigenvalue weighted by Gasteiger charge is -2.27. The Bertz CT molecular complexity index is 547. The minimum absolute atomic E-state index is 0.489. The van der Waals surface area contributed by atoms with Gasteiger partial charge in [-0.1, -0.05) is 6.07 Å². The zero-order valence-corrected chi connectivity index (χ0v) is 11.8. The van der Waals surface area contributed by atoms with E-state index in [-0.39, 0.29) is 0 Å². The van der Waals surface area contributed by atoms with Crippen LogP contribution in [0.4, 0.5) is 0 Å². The van der Waals surface area contributed by atoms with Gasteiger partial charge in [-0.25, -0.2) is 9.97 Å². The van der Waals surface area contributed by atoms with E-state index in [0.717, 1.165) is 30.1 Å². The summed E-state index contributed by atoms with van der Waals surface area (Å²) in [4.78, 5) is 13.6. The van der Waals surface area contributed by atoms with E-state index in [4.69, 9.17) is 4.98 Å². The number of hydrogen-bond acceptors (Lipinski definition) is 4. The van der Waals surface area contributed by atoms with E-state index in [1.807, 2.05) is 37.5 Å². The van der Waals surface area contributed by atoms with Crippen LogP contribution in [0.15, 0.2) is 36.7 Å². The van der Waals surface area contributed by atoms with E-state index in [0.29, 0.717) is 12.0 Å². The maximum absolute atomic E-state index is 4.72. The third-order valence-corrected chi connectivity index (χ3v) is 4.10. The molecule has 0 unspecified atom stereocenters. The van der Waals surface area contributed by atoms with Crippen molar-refractivity contribution >= 4 is 0 Å². The van der Waals surface area contributed by atoms with Crippen molar-refractivity contribution < 1.29 is 0 Å². The Morgan fingerprint density at radius 3 is 2.50 bits per heavy atom. The molecule has 0 atom stereocenters. The number of pyridine rings is 1. The third-order valence-electron chi connectivity index (χ3n) is 4.10. The number of nitrogens with one attached hydrogen (secondary N) is 1. The van der Waals surface area contributed by atoms with Crippen LogP contribution >= 0.6 is 0 Å². The fourth-order valence-corrected chi connectivity index (χ4v) is 2.87. The summed E-state index contributed by atoms with van der Waals surface area (Å²) in [6.45, 7) is 0. The molecule has 1 saturated carbocycles. The van der Waals surface area contributed by atoms with E-state index in [2.05, 4.69) is 15.3 Å². The van der Waals surface area contributed by atoms with E-state index < -0.39 is 0 Å². The largest absolute Gasteiger partial charge is 0.317 e. The van der Waals surface area contributed by atoms with Crippen molar-refractivity contribution in [2.24, 2.45) is 0 Å². The van der Waals surface area contributed by atoms with Crippen molar-refractivity contribution in [3.8, 4) is 11.4 Å². The normalized spacial score (nSPS) is 22.6. The molecule has 4 nitrogen and oxygen atoms in total. The Kier molecular flexibility index (Phi) is 4.02. The molecule has 1 fully saturated rings. The van der Waals surface area contributed by atoms with Gasteiger partial charge in [0.25, 0.3) is 0 Å². The third kappa shape index (κ3) is 2.85. The summed E-state index contributed by atoms with van der Waals surface area (Å²) in [5.74, 6) is 1.46. The highest BCUT2D eigenvalue weighted by Gasteiger charge is 2.23. The molecular formula is C16H20N4. The molecule has 20 heavy (non-hydrogen) atoms. The van der Waals surface area contributed by atoms with Gasteiger partial charge in [-0.3, -0.25) is 4.98 Å². The first kappa shape index (κ1) is 13.2. The summed E-state index contributed by atoms with van der Waals surface area (Å²) < 4.78 is 0. The van der Waals surface area contributed by atoms with Crippen LogP contribution in [0.5, 0.6) is 0 Å². The van der Waals surface area contributed by atoms with Crippen LogP contribution in [0.1, 0.15) is 37.4 Å². The second-order valence-electron chi connectivity index (χ2n) is 5.35. The Morgan fingerprint density at radius 2 is 1.80 bits per heavy atom. The zero-order valence-electron chi connectivity index (χ0n) is 11.8. The molecule has 1 aliphatic rings. The molecule has 0 saturated heterocycles. The molecule has 1 aliphatic carbocycles. The highest BCUT2D eigenvalue weighted by atomic mass is 14.9. The van der Waals surface area contributed by atoms with Crippen LogP contribution in [0, 0.1) is 0 Å². The number of hydrogen-bond donors (Lipinski definition) is 1. The van der Waals surface area contributed by atoms with Gasteiger partial charge in [0.15, 0.2) is 0 Å². The highest BCUT2D eigenvalue weighted by Crippen LogP contribution is 2.31. The fourth-order valence-electron chi connectivity index (χ4n) is 2.87. The Balaban J connectivity index is 1.78. The average molecular weight is 268 g/mol. The van der Waals surface area contributed by atoms with Crippen molar-refractivity contribution in [3.63, 3.8) is 0 Å². The SMILES string of the molecule is CNC1CCC(c2nccc(-c3ccccn3)n2)CC1. The molecule has 0 radical (unpaired) electrons. The van der Waals surface area contributed by atoms with E-state index >= 15 is 0 Å². The van der Waals surface area contributed by atoms with Gasteiger partial charge in [0.05, 0.1) is 11.4 Å². The smallest absolute Gasteiger partial charge is 0.132 e. The zero-order chi connectivity index (χ0) is 13.8. The van der Waals surface area contributed by atoms with E-state index in [9.17, 15) is 0 Å². The van der Waals surface area contributed by atoms with Gasteiger partial charge in [-0.05, 0) is 50.9 Å². The molecular weight excluding hydrogens is 248 g/mol. The minimum atomic E-state index is 0.489. The summed E-state index contributed by atoms with van der Waals surface area (Å²) in [5, 5.41) is 3.36. The number of aromatic nitrogens is 3. The summed E-state index contributed by atoms with van der Waals surface area (Å²) in [6, 6.07) is 8.49. The monoisotopic (exact) mass is 268 g/mol. The molecule has 0 spiro atoms. The van der Waals surface area contributed by atoms with Crippen LogP contribution in [0.2, 0.25) is 0 Å². The summed E-state index contributed by atoms with van der Waals surface area (Å²) in [6.07, 6.45) is 8.40. The van der Waals surface area contributed by atoms with Gasteiger partial charge in [0.1, 0.15) is 5.82 Å². The number of rotatable bonds is 3. The Hall–Kier alpha value is -1.81. The van der Waals surface area contributed by atoms with Crippen molar-refractivity contribution in [1.82, 2.24) is 20.3 Å².